The van der Waals surface area contributed by atoms with Gasteiger partial charge in [-0.1, -0.05) is 56.6 Å². The Morgan fingerprint density at radius 2 is 1.69 bits per heavy atom. The quantitative estimate of drug-likeness (QED) is 0.0846. The van der Waals surface area contributed by atoms with E-state index < -0.39 is 5.97 Å². The van der Waals surface area contributed by atoms with Gasteiger partial charge in [0, 0.05) is 60.2 Å². The molecule has 1 unspecified atom stereocenters. The van der Waals surface area contributed by atoms with Crippen LogP contribution in [-0.2, 0) is 39.5 Å². The van der Waals surface area contributed by atoms with Crippen molar-refractivity contribution in [2.45, 2.75) is 99.8 Å². The number of fused-ring (bicyclic) bond motifs is 3. The van der Waals surface area contributed by atoms with Gasteiger partial charge in [0.25, 0.3) is 0 Å². The molecule has 2 aliphatic heterocycles. The molecule has 0 radical (unpaired) electrons. The van der Waals surface area contributed by atoms with E-state index in [9.17, 15) is 19.2 Å². The normalized spacial score (nSPS) is 21.7. The summed E-state index contributed by atoms with van der Waals surface area (Å²) in [6, 6.07) is 0. The molecule has 3 atom stereocenters. The van der Waals surface area contributed by atoms with Crippen LogP contribution in [-0.4, -0.2) is 107 Å². The van der Waals surface area contributed by atoms with Gasteiger partial charge in [-0.25, -0.2) is 0 Å². The standard InChI is InChI=1S/C47H72N8O5.Pd/c1-13-16-31(4)38-19-17-35(27-32(5)56)51-40(30(2)3)29-41-33(6)36(18-20-42(57)49-22-14-25-54(8)9)45(53-41)37(28-43(58)60-12)46-44(34(7)39(52-46)21-24-48-38)47(59)50-23-15-26-55(10)11;/h19,21,24,27,29,31,33,36H,13-18,20,22-23,25-26,28H2,1-12H3,(H4,48,49,50,51,52,53,56,57,59);/q;+2/p-2/b38-19-,41-29-;/t31-,33+,36?;/m1./s1. The van der Waals surface area contributed by atoms with Crippen molar-refractivity contribution in [1.29, 1.82) is 0 Å². The maximum absolute atomic E-state index is 14.3. The van der Waals surface area contributed by atoms with E-state index in [-0.39, 0.29) is 68.6 Å². The summed E-state index contributed by atoms with van der Waals surface area (Å²) in [6.07, 6.45) is 13.3. The molecule has 0 fully saturated rings. The summed E-state index contributed by atoms with van der Waals surface area (Å²) >= 11 is 0. The van der Waals surface area contributed by atoms with Gasteiger partial charge in [0.1, 0.15) is 0 Å². The van der Waals surface area contributed by atoms with Crippen LogP contribution in [0.3, 0.4) is 0 Å². The number of ether oxygens (including phenoxy) is 1. The van der Waals surface area contributed by atoms with E-state index >= 15 is 0 Å². The van der Waals surface area contributed by atoms with E-state index in [1.165, 1.54) is 14.0 Å². The van der Waals surface area contributed by atoms with Gasteiger partial charge in [0.2, 0.25) is 11.8 Å². The van der Waals surface area contributed by atoms with Gasteiger partial charge in [-0.05, 0) is 119 Å². The molecule has 0 saturated carbocycles. The number of aromatic nitrogens is 1. The minimum Gasteiger partial charge on any atom is -0.661 e. The number of rotatable bonds is 18. The fraction of sp³-hybridized carbons (Fsp3) is 0.574. The predicted octanol–water partition coefficient (Wildman–Crippen LogP) is 5.50. The molecule has 2 amide bonds. The Morgan fingerprint density at radius 1 is 1.03 bits per heavy atom. The smallest absolute Gasteiger partial charge is 0.661 e. The van der Waals surface area contributed by atoms with Crippen LogP contribution in [0.4, 0.5) is 0 Å². The Kier molecular flexibility index (Phi) is 22.8. The minimum atomic E-state index is -0.509. The number of carbonyl (C=O) groups is 4. The van der Waals surface area contributed by atoms with Crippen LogP contribution in [0.15, 0.2) is 56.6 Å². The molecule has 3 rings (SSSR count). The number of carbonyl (C=O) groups excluding carboxylic acids is 4. The molecule has 4 bridgehead atoms. The van der Waals surface area contributed by atoms with Crippen LogP contribution in [0.5, 0.6) is 0 Å². The van der Waals surface area contributed by atoms with Gasteiger partial charge < -0.3 is 35.5 Å². The molecule has 0 saturated heterocycles. The number of nitrogens with zero attached hydrogens (tertiary/aromatic N) is 6. The third-order valence-electron chi connectivity index (χ3n) is 10.8. The van der Waals surface area contributed by atoms with Crippen LogP contribution in [0.25, 0.3) is 17.0 Å². The summed E-state index contributed by atoms with van der Waals surface area (Å²) in [7, 11) is 9.31. The summed E-state index contributed by atoms with van der Waals surface area (Å²) in [6.45, 7) is 16.3. The number of hydrogen-bond donors (Lipinski definition) is 2. The number of nitrogens with one attached hydrogen (secondary N) is 2. The first-order chi connectivity index (χ1) is 28.5. The van der Waals surface area contributed by atoms with Gasteiger partial charge in [-0.2, -0.15) is 5.70 Å². The van der Waals surface area contributed by atoms with E-state index in [0.29, 0.717) is 76.1 Å². The van der Waals surface area contributed by atoms with Crippen molar-refractivity contribution in [3.63, 3.8) is 0 Å². The van der Waals surface area contributed by atoms with Crippen LogP contribution in [0.2, 0.25) is 0 Å². The Hall–Kier alpha value is -4.22. The summed E-state index contributed by atoms with van der Waals surface area (Å²) in [4.78, 5) is 72.9. The molecule has 2 N–H and O–H groups in total. The van der Waals surface area contributed by atoms with Crippen LogP contribution in [0.1, 0.15) is 109 Å². The second-order valence-electron chi connectivity index (χ2n) is 16.7. The van der Waals surface area contributed by atoms with Gasteiger partial charge in [0.05, 0.1) is 13.5 Å². The molecule has 338 valence electrons. The van der Waals surface area contributed by atoms with Crippen LogP contribution < -0.4 is 26.3 Å². The number of esters is 1. The van der Waals surface area contributed by atoms with E-state index in [4.69, 9.17) is 25.0 Å². The molecule has 0 aliphatic carbocycles. The Labute approximate surface area is 378 Å². The molecule has 14 heteroatoms. The largest absolute Gasteiger partial charge is 2.00 e. The molecule has 2 aliphatic rings. The fourth-order valence-electron chi connectivity index (χ4n) is 7.35. The predicted molar refractivity (Wildman–Crippen MR) is 243 cm³/mol. The number of amides is 2. The summed E-state index contributed by atoms with van der Waals surface area (Å²) in [5, 5.41) is 12.1. The number of hydrogen-bond acceptors (Lipinski definition) is 9. The first-order valence-corrected chi connectivity index (χ1v) is 21.4. The summed E-state index contributed by atoms with van der Waals surface area (Å²) in [5.74, 6) is -1.40. The zero-order valence-corrected chi connectivity index (χ0v) is 40.2. The number of allylic oxidation sites excluding steroid dienone is 6. The second-order valence-corrected chi connectivity index (χ2v) is 16.7. The maximum Gasteiger partial charge on any atom is 2.00 e. The molecule has 1 aromatic heterocycles. The van der Waals surface area contributed by atoms with Gasteiger partial charge >= 0.3 is 26.4 Å². The number of aliphatic imine (C=N–C) groups is 2. The summed E-state index contributed by atoms with van der Waals surface area (Å²) in [5.41, 5.74) is 5.77. The molecule has 61 heavy (non-hydrogen) atoms. The van der Waals surface area contributed by atoms with Crippen molar-refractivity contribution in [3.8, 4) is 0 Å². The van der Waals surface area contributed by atoms with E-state index in [2.05, 4.69) is 41.2 Å². The third kappa shape index (κ3) is 16.5. The van der Waals surface area contributed by atoms with Crippen molar-refractivity contribution in [2.75, 3.05) is 61.5 Å². The van der Waals surface area contributed by atoms with E-state index in [1.54, 1.807) is 18.4 Å². The monoisotopic (exact) mass is 932 g/mol. The molecule has 0 spiro atoms. The Bertz CT molecular complexity index is 2020. The average Bonchev–Trinajstić information content (AvgIpc) is 3.67. The zero-order chi connectivity index (χ0) is 44.5. The molecule has 1 aromatic rings. The second kappa shape index (κ2) is 26.3. The van der Waals surface area contributed by atoms with Crippen LogP contribution >= 0.6 is 0 Å². The van der Waals surface area contributed by atoms with Crippen LogP contribution in [0, 0.1) is 24.7 Å². The Morgan fingerprint density at radius 3 is 2.28 bits per heavy atom. The maximum atomic E-state index is 14.3. The SMILES string of the molecule is CCC[C@@H](C)C1=C/C/C(=C\C(C)=O)[N-]C(=C(C)C)/C=C2N=C(/C(CC(=O)OC)=c3\[n-]\c(c(C)c3C(=O)NCCCN(C)C)=C/C=N\1)C(CCC(=O)NCCCN(C)C)[C@@H]\2C.[Pd+2]. The first kappa shape index (κ1) is 52.9. The van der Waals surface area contributed by atoms with E-state index in [0.717, 1.165) is 50.0 Å². The zero-order valence-electron chi connectivity index (χ0n) is 38.6. The Balaban J connectivity index is 0.0000128. The van der Waals surface area contributed by atoms with Crippen molar-refractivity contribution < 1.29 is 44.3 Å². The molecule has 0 aromatic carbocycles. The molecule has 13 nitrogen and oxygen atoms in total. The topological polar surface area (TPSA) is 161 Å². The van der Waals surface area contributed by atoms with Crippen molar-refractivity contribution in [3.05, 3.63) is 73.7 Å². The third-order valence-corrected chi connectivity index (χ3v) is 10.8. The summed E-state index contributed by atoms with van der Waals surface area (Å²) < 4.78 is 5.25. The van der Waals surface area contributed by atoms with E-state index in [1.807, 2.05) is 61.1 Å². The van der Waals surface area contributed by atoms with Gasteiger partial charge in [-0.15, -0.1) is 16.4 Å². The minimum absolute atomic E-state index is 0. The number of methoxy groups -OCH3 is 1. The molecular weight excluding hydrogens is 863 g/mol. The van der Waals surface area contributed by atoms with Crippen molar-refractivity contribution in [1.82, 2.24) is 25.4 Å². The first-order valence-electron chi connectivity index (χ1n) is 21.4. The van der Waals surface area contributed by atoms with Crippen molar-refractivity contribution >= 4 is 47.1 Å². The van der Waals surface area contributed by atoms with Crippen molar-refractivity contribution in [2.24, 2.45) is 27.7 Å². The van der Waals surface area contributed by atoms with Gasteiger partial charge in [-0.3, -0.25) is 29.2 Å². The van der Waals surface area contributed by atoms with Gasteiger partial charge in [0.15, 0.2) is 5.78 Å². The molecular formula is C47H70N8O5Pd. The molecule has 3 heterocycles. The number of ketones is 1. The average molecular weight is 934 g/mol. The fourth-order valence-corrected chi connectivity index (χ4v) is 7.35.